The average Bonchev–Trinajstić information content (AvgIpc) is 2.86. The molecule has 0 aromatic heterocycles. The van der Waals surface area contributed by atoms with Gasteiger partial charge in [-0.1, -0.05) is 36.5 Å². The van der Waals surface area contributed by atoms with E-state index in [2.05, 4.69) is 4.74 Å². The largest absolute Gasteiger partial charge is 0.466 e. The van der Waals surface area contributed by atoms with Crippen molar-refractivity contribution in [3.63, 3.8) is 0 Å². The summed E-state index contributed by atoms with van der Waals surface area (Å²) in [5, 5.41) is 1.67. The third-order valence-corrected chi connectivity index (χ3v) is 5.28. The van der Waals surface area contributed by atoms with Crippen molar-refractivity contribution in [1.82, 2.24) is 10.2 Å². The number of unbranched alkanes of at least 4 members (excludes halogenated alkanes) is 1. The average molecular weight is 467 g/mol. The highest BCUT2D eigenvalue weighted by Gasteiger charge is 2.70. The minimum absolute atomic E-state index is 0.0585. The first-order valence-electron chi connectivity index (χ1n) is 8.88. The molecule has 2 amide bonds. The van der Waals surface area contributed by atoms with Gasteiger partial charge in [0.15, 0.2) is 0 Å². The molecule has 1 heterocycles. The minimum atomic E-state index is -5.34. The van der Waals surface area contributed by atoms with Crippen molar-refractivity contribution in [1.29, 1.82) is 0 Å². The van der Waals surface area contributed by atoms with Crippen molar-refractivity contribution in [2.24, 2.45) is 0 Å². The molecule has 0 aliphatic carbocycles. The van der Waals surface area contributed by atoms with Crippen molar-refractivity contribution >= 4 is 41.0 Å². The molecule has 0 fully saturated rings. The number of ether oxygens (including phenoxy) is 1. The van der Waals surface area contributed by atoms with E-state index in [4.69, 9.17) is 23.2 Å². The van der Waals surface area contributed by atoms with Gasteiger partial charge in [0.25, 0.3) is 17.4 Å². The molecular weight excluding hydrogens is 448 g/mol. The second-order valence-corrected chi connectivity index (χ2v) is 7.43. The number of allylic oxidation sites excluding steroid dienone is 1. The number of carbonyl (C=O) groups excluding carboxylic acids is 3. The number of rotatable bonds is 6. The highest BCUT2D eigenvalue weighted by molar-refractivity contribution is 6.36. The van der Waals surface area contributed by atoms with Crippen LogP contribution in [0.5, 0.6) is 0 Å². The van der Waals surface area contributed by atoms with E-state index in [1.54, 1.807) is 12.2 Å². The summed E-state index contributed by atoms with van der Waals surface area (Å²) in [7, 11) is 0.890. The topological polar surface area (TPSA) is 75.7 Å². The first-order valence-corrected chi connectivity index (χ1v) is 9.63. The number of halogens is 5. The molecule has 1 aliphatic heterocycles. The molecule has 2 rings (SSSR count). The molecule has 0 radical (unpaired) electrons. The van der Waals surface area contributed by atoms with Crippen molar-refractivity contribution in [2.75, 3.05) is 13.7 Å². The quantitative estimate of drug-likeness (QED) is 0.639. The Bertz CT molecular complexity index is 918. The number of hydrogen-bond donors (Lipinski definition) is 1. The van der Waals surface area contributed by atoms with Gasteiger partial charge in [0.05, 0.1) is 17.7 Å². The second-order valence-electron chi connectivity index (χ2n) is 6.59. The highest BCUT2D eigenvalue weighted by Crippen LogP contribution is 2.45. The number of esters is 1. The molecule has 0 saturated carbocycles. The third kappa shape index (κ3) is 4.00. The number of alkyl halides is 3. The molecule has 1 unspecified atom stereocenters. The van der Waals surface area contributed by atoms with Crippen LogP contribution in [0.2, 0.25) is 10.0 Å². The van der Waals surface area contributed by atoms with Crippen LogP contribution in [-0.2, 0) is 14.3 Å². The maximum atomic E-state index is 14.4. The Morgan fingerprint density at radius 1 is 1.27 bits per heavy atom. The predicted molar refractivity (Wildman–Crippen MR) is 104 cm³/mol. The SMILES string of the molecule is CCCCN1C(=O)C(NC(=O)c2ccc(Cl)cc2Cl)(C(F)(F)F)C(C(=O)OC)=C1C. The number of carbonyl (C=O) groups is 3. The van der Waals surface area contributed by atoms with Gasteiger partial charge in [0, 0.05) is 17.3 Å². The minimum Gasteiger partial charge on any atom is -0.466 e. The molecule has 1 aromatic rings. The first kappa shape index (κ1) is 24.0. The second kappa shape index (κ2) is 8.85. The summed E-state index contributed by atoms with van der Waals surface area (Å²) in [6.07, 6.45) is -4.36. The predicted octanol–water partition coefficient (Wildman–Crippen LogP) is 4.11. The van der Waals surface area contributed by atoms with Gasteiger partial charge in [-0.05, 0) is 31.5 Å². The lowest BCUT2D eigenvalue weighted by molar-refractivity contribution is -0.192. The zero-order valence-corrected chi connectivity index (χ0v) is 17.8. The maximum Gasteiger partial charge on any atom is 0.425 e. The van der Waals surface area contributed by atoms with Gasteiger partial charge in [0.2, 0.25) is 0 Å². The van der Waals surface area contributed by atoms with Gasteiger partial charge in [-0.15, -0.1) is 0 Å². The van der Waals surface area contributed by atoms with Crippen molar-refractivity contribution < 1.29 is 32.3 Å². The Morgan fingerprint density at radius 3 is 2.40 bits per heavy atom. The smallest absolute Gasteiger partial charge is 0.425 e. The van der Waals surface area contributed by atoms with Crippen LogP contribution in [0.15, 0.2) is 29.5 Å². The van der Waals surface area contributed by atoms with Crippen LogP contribution in [-0.4, -0.2) is 48.1 Å². The number of hydrogen-bond acceptors (Lipinski definition) is 4. The van der Waals surface area contributed by atoms with Crippen LogP contribution in [0, 0.1) is 0 Å². The summed E-state index contributed by atoms with van der Waals surface area (Å²) in [5.74, 6) is -4.16. The van der Waals surface area contributed by atoms with E-state index in [9.17, 15) is 27.6 Å². The summed E-state index contributed by atoms with van der Waals surface area (Å²) in [5.41, 5.74) is -5.18. The van der Waals surface area contributed by atoms with Crippen LogP contribution in [0.1, 0.15) is 37.0 Å². The number of amides is 2. The third-order valence-electron chi connectivity index (χ3n) is 4.73. The van der Waals surface area contributed by atoms with Crippen LogP contribution >= 0.6 is 23.2 Å². The lowest BCUT2D eigenvalue weighted by Crippen LogP contribution is -2.66. The van der Waals surface area contributed by atoms with Crippen LogP contribution in [0.25, 0.3) is 0 Å². The standard InChI is InChI=1S/C19H19Cl2F3N2O4/c1-4-5-8-26-10(2)14(16(28)30-3)18(17(26)29,19(22,23)24)25-15(27)12-7-6-11(20)9-13(12)21/h6-7,9H,4-5,8H2,1-3H3,(H,25,27). The summed E-state index contributed by atoms with van der Waals surface area (Å²) in [6, 6.07) is 3.55. The Hall–Kier alpha value is -2.26. The number of nitrogens with zero attached hydrogens (tertiary/aromatic N) is 1. The van der Waals surface area contributed by atoms with Crippen LogP contribution in [0.3, 0.4) is 0 Å². The van der Waals surface area contributed by atoms with Gasteiger partial charge in [0.1, 0.15) is 5.57 Å². The summed E-state index contributed by atoms with van der Waals surface area (Å²) < 4.78 is 47.6. The molecule has 1 aliphatic rings. The summed E-state index contributed by atoms with van der Waals surface area (Å²) in [4.78, 5) is 38.9. The maximum absolute atomic E-state index is 14.4. The molecule has 0 bridgehead atoms. The monoisotopic (exact) mass is 466 g/mol. The van der Waals surface area contributed by atoms with E-state index in [0.717, 1.165) is 18.1 Å². The molecule has 164 valence electrons. The zero-order valence-electron chi connectivity index (χ0n) is 16.3. The number of methoxy groups -OCH3 is 1. The molecule has 11 heteroatoms. The number of benzene rings is 1. The van der Waals surface area contributed by atoms with E-state index in [1.165, 1.54) is 19.1 Å². The van der Waals surface area contributed by atoms with E-state index >= 15 is 0 Å². The molecule has 1 atom stereocenters. The zero-order chi connectivity index (χ0) is 22.9. The Morgan fingerprint density at radius 2 is 1.90 bits per heavy atom. The molecule has 0 spiro atoms. The lowest BCUT2D eigenvalue weighted by atomic mass is 9.88. The lowest BCUT2D eigenvalue weighted by Gasteiger charge is -2.33. The van der Waals surface area contributed by atoms with Crippen molar-refractivity contribution in [3.05, 3.63) is 45.1 Å². The van der Waals surface area contributed by atoms with E-state index in [-0.39, 0.29) is 27.9 Å². The fraction of sp³-hybridized carbons (Fsp3) is 0.421. The van der Waals surface area contributed by atoms with Crippen molar-refractivity contribution in [2.45, 2.75) is 38.4 Å². The van der Waals surface area contributed by atoms with Gasteiger partial charge in [-0.2, -0.15) is 13.2 Å². The Balaban J connectivity index is 2.66. The van der Waals surface area contributed by atoms with E-state index in [1.807, 2.05) is 0 Å². The van der Waals surface area contributed by atoms with Gasteiger partial charge in [-0.3, -0.25) is 9.59 Å². The fourth-order valence-corrected chi connectivity index (χ4v) is 3.71. The van der Waals surface area contributed by atoms with E-state index < -0.39 is 35.1 Å². The van der Waals surface area contributed by atoms with Gasteiger partial charge in [-0.25, -0.2) is 4.79 Å². The molecule has 1 aromatic carbocycles. The molecule has 30 heavy (non-hydrogen) atoms. The summed E-state index contributed by atoms with van der Waals surface area (Å²) >= 11 is 11.7. The van der Waals surface area contributed by atoms with E-state index in [0.29, 0.717) is 12.8 Å². The molecular formula is C19H19Cl2F3N2O4. The highest BCUT2D eigenvalue weighted by atomic mass is 35.5. The Labute approximate surface area is 180 Å². The Kier molecular flexibility index (Phi) is 7.08. The first-order chi connectivity index (χ1) is 13.9. The van der Waals surface area contributed by atoms with Crippen LogP contribution < -0.4 is 5.32 Å². The van der Waals surface area contributed by atoms with Crippen LogP contribution in [0.4, 0.5) is 13.2 Å². The number of nitrogens with one attached hydrogen (secondary N) is 1. The van der Waals surface area contributed by atoms with Crippen molar-refractivity contribution in [3.8, 4) is 0 Å². The molecule has 1 N–H and O–H groups in total. The fourth-order valence-electron chi connectivity index (χ4n) is 3.22. The molecule has 6 nitrogen and oxygen atoms in total. The molecule has 0 saturated heterocycles. The summed E-state index contributed by atoms with van der Waals surface area (Å²) in [6.45, 7) is 2.94. The van der Waals surface area contributed by atoms with Gasteiger partial charge < -0.3 is 15.0 Å². The van der Waals surface area contributed by atoms with Gasteiger partial charge >= 0.3 is 12.1 Å². The normalized spacial score (nSPS) is 19.3.